The molecule has 1 aliphatic heterocycles. The molecule has 0 fully saturated rings. The minimum Gasteiger partial charge on any atom is -0.477 e. The highest BCUT2D eigenvalue weighted by atomic mass is 35.5. The number of rotatable bonds is 1. The molecular weight excluding hydrogens is 242 g/mol. The van der Waals surface area contributed by atoms with E-state index in [4.69, 9.17) is 22.0 Å². The van der Waals surface area contributed by atoms with Gasteiger partial charge in [-0.3, -0.25) is 0 Å². The summed E-state index contributed by atoms with van der Waals surface area (Å²) < 4.78 is 0. The summed E-state index contributed by atoms with van der Waals surface area (Å²) in [6.45, 7) is 0. The van der Waals surface area contributed by atoms with Crippen LogP contribution in [0.15, 0.2) is 40.5 Å². The summed E-state index contributed by atoms with van der Waals surface area (Å²) in [5.41, 5.74) is 0.762. The number of hydrogen-bond acceptors (Lipinski definition) is 4. The number of fused-ring (bicyclic) bond motifs is 1. The number of nitriles is 1. The number of aliphatic carboxylic acids is 1. The van der Waals surface area contributed by atoms with Gasteiger partial charge in [0.2, 0.25) is 0 Å². The predicted octanol–water partition coefficient (Wildman–Crippen LogP) is 2.24. The SMILES string of the molecule is N#C/C(C(=O)O)=C1\Nc2ccccc2N=C1Cl. The maximum Gasteiger partial charge on any atom is 0.348 e. The Morgan fingerprint density at radius 1 is 1.47 bits per heavy atom. The van der Waals surface area contributed by atoms with Crippen molar-refractivity contribution < 1.29 is 9.90 Å². The highest BCUT2D eigenvalue weighted by molar-refractivity contribution is 6.70. The van der Waals surface area contributed by atoms with Crippen LogP contribution in [0.3, 0.4) is 0 Å². The summed E-state index contributed by atoms with van der Waals surface area (Å²) in [7, 11) is 0. The number of benzene rings is 1. The van der Waals surface area contributed by atoms with E-state index in [9.17, 15) is 4.79 Å². The quantitative estimate of drug-likeness (QED) is 0.589. The van der Waals surface area contributed by atoms with Crippen LogP contribution in [0.25, 0.3) is 0 Å². The average molecular weight is 248 g/mol. The Labute approximate surface area is 102 Å². The molecule has 0 saturated heterocycles. The van der Waals surface area contributed by atoms with Gasteiger partial charge in [0.05, 0.1) is 11.4 Å². The lowest BCUT2D eigenvalue weighted by atomic mass is 10.1. The summed E-state index contributed by atoms with van der Waals surface area (Å²) in [5.74, 6) is -1.34. The number of carbonyl (C=O) groups is 1. The summed E-state index contributed by atoms with van der Waals surface area (Å²) in [6.07, 6.45) is 0. The number of halogens is 1. The topological polar surface area (TPSA) is 85.5 Å². The van der Waals surface area contributed by atoms with Gasteiger partial charge >= 0.3 is 5.97 Å². The standard InChI is InChI=1S/C11H6ClN3O2/c12-10-9(6(5-13)11(16)17)14-7-3-1-2-4-8(7)15-10/h1-4,14H,(H,16,17)/b9-6+. The van der Waals surface area contributed by atoms with Gasteiger partial charge in [-0.2, -0.15) is 5.26 Å². The number of hydrogen-bond donors (Lipinski definition) is 2. The zero-order valence-electron chi connectivity index (χ0n) is 8.44. The van der Waals surface area contributed by atoms with Gasteiger partial charge in [0.1, 0.15) is 11.8 Å². The molecule has 1 aromatic rings. The van der Waals surface area contributed by atoms with Crippen LogP contribution in [0.1, 0.15) is 0 Å². The van der Waals surface area contributed by atoms with E-state index in [1.54, 1.807) is 30.3 Å². The van der Waals surface area contributed by atoms with Crippen molar-refractivity contribution in [1.29, 1.82) is 5.26 Å². The minimum atomic E-state index is -1.34. The van der Waals surface area contributed by atoms with Gasteiger partial charge in [0.25, 0.3) is 0 Å². The molecule has 6 heteroatoms. The van der Waals surface area contributed by atoms with E-state index < -0.39 is 11.5 Å². The zero-order chi connectivity index (χ0) is 12.4. The van der Waals surface area contributed by atoms with Crippen LogP contribution in [0.4, 0.5) is 11.4 Å². The molecular formula is C11H6ClN3O2. The third kappa shape index (κ3) is 1.98. The van der Waals surface area contributed by atoms with Gasteiger partial charge in [-0.05, 0) is 12.1 Å². The molecule has 0 radical (unpaired) electrons. The molecule has 17 heavy (non-hydrogen) atoms. The molecule has 0 atom stereocenters. The smallest absolute Gasteiger partial charge is 0.348 e. The van der Waals surface area contributed by atoms with Crippen molar-refractivity contribution in [1.82, 2.24) is 0 Å². The molecule has 5 nitrogen and oxygen atoms in total. The Morgan fingerprint density at radius 3 is 2.82 bits per heavy atom. The van der Waals surface area contributed by atoms with Gasteiger partial charge in [-0.25, -0.2) is 9.79 Å². The Kier molecular flexibility index (Phi) is 2.81. The van der Waals surface area contributed by atoms with E-state index in [1.807, 2.05) is 0 Å². The lowest BCUT2D eigenvalue weighted by molar-refractivity contribution is -0.132. The third-order valence-electron chi connectivity index (χ3n) is 2.16. The Morgan fingerprint density at radius 2 is 2.18 bits per heavy atom. The van der Waals surface area contributed by atoms with Gasteiger partial charge in [-0.1, -0.05) is 23.7 Å². The summed E-state index contributed by atoms with van der Waals surface area (Å²) in [4.78, 5) is 14.9. The highest BCUT2D eigenvalue weighted by Crippen LogP contribution is 2.32. The van der Waals surface area contributed by atoms with Gasteiger partial charge in [0.15, 0.2) is 10.7 Å². The number of para-hydroxylation sites is 2. The van der Waals surface area contributed by atoms with E-state index in [0.29, 0.717) is 11.4 Å². The molecule has 1 aliphatic rings. The first-order valence-electron chi connectivity index (χ1n) is 4.61. The van der Waals surface area contributed by atoms with E-state index in [2.05, 4.69) is 10.3 Å². The van der Waals surface area contributed by atoms with Gasteiger partial charge in [-0.15, -0.1) is 0 Å². The van der Waals surface area contributed by atoms with Crippen molar-refractivity contribution in [2.45, 2.75) is 0 Å². The second kappa shape index (κ2) is 4.28. The number of anilines is 1. The molecule has 0 amide bonds. The van der Waals surface area contributed by atoms with Gasteiger partial charge < -0.3 is 10.4 Å². The van der Waals surface area contributed by atoms with Crippen molar-refractivity contribution in [3.63, 3.8) is 0 Å². The minimum absolute atomic E-state index is 0.0142. The van der Waals surface area contributed by atoms with Crippen LogP contribution >= 0.6 is 11.6 Å². The summed E-state index contributed by atoms with van der Waals surface area (Å²) >= 11 is 5.84. The molecule has 1 heterocycles. The second-order valence-corrected chi connectivity index (χ2v) is 3.57. The molecule has 1 aromatic carbocycles. The molecule has 0 bridgehead atoms. The molecule has 0 aromatic heterocycles. The Balaban J connectivity index is 2.59. The molecule has 0 aliphatic carbocycles. The fourth-order valence-electron chi connectivity index (χ4n) is 1.40. The normalized spacial score (nSPS) is 16.1. The largest absolute Gasteiger partial charge is 0.477 e. The first-order chi connectivity index (χ1) is 8.13. The number of aliphatic imine (C=N–C) groups is 1. The number of allylic oxidation sites excluding steroid dienone is 1. The lowest BCUT2D eigenvalue weighted by Crippen LogP contribution is -2.17. The molecule has 2 N–H and O–H groups in total. The summed E-state index contributed by atoms with van der Waals surface area (Å²) in [6, 6.07) is 8.59. The van der Waals surface area contributed by atoms with Crippen LogP contribution in [-0.2, 0) is 4.79 Å². The van der Waals surface area contributed by atoms with Crippen LogP contribution in [0.5, 0.6) is 0 Å². The van der Waals surface area contributed by atoms with Crippen molar-refractivity contribution in [3.8, 4) is 6.07 Å². The van der Waals surface area contributed by atoms with Crippen molar-refractivity contribution >= 4 is 34.1 Å². The lowest BCUT2D eigenvalue weighted by Gasteiger charge is -2.17. The molecule has 84 valence electrons. The van der Waals surface area contributed by atoms with E-state index in [0.717, 1.165) is 0 Å². The van der Waals surface area contributed by atoms with Crippen LogP contribution in [0.2, 0.25) is 0 Å². The maximum absolute atomic E-state index is 10.9. The van der Waals surface area contributed by atoms with Crippen LogP contribution < -0.4 is 5.32 Å². The molecule has 0 unspecified atom stereocenters. The van der Waals surface area contributed by atoms with Crippen LogP contribution in [0, 0.1) is 11.3 Å². The van der Waals surface area contributed by atoms with E-state index in [1.165, 1.54) is 0 Å². The van der Waals surface area contributed by atoms with Crippen molar-refractivity contribution in [2.75, 3.05) is 5.32 Å². The van der Waals surface area contributed by atoms with Crippen molar-refractivity contribution in [3.05, 3.63) is 35.5 Å². The fraction of sp³-hybridized carbons (Fsp3) is 0. The van der Waals surface area contributed by atoms with Gasteiger partial charge in [0, 0.05) is 0 Å². The van der Waals surface area contributed by atoms with E-state index >= 15 is 0 Å². The first kappa shape index (κ1) is 11.2. The second-order valence-electron chi connectivity index (χ2n) is 3.21. The number of carboxylic acids is 1. The molecule has 2 rings (SSSR count). The average Bonchev–Trinajstić information content (AvgIpc) is 2.30. The maximum atomic E-state index is 10.9. The number of nitrogens with zero attached hydrogens (tertiary/aromatic N) is 2. The monoisotopic (exact) mass is 247 g/mol. The predicted molar refractivity (Wildman–Crippen MR) is 63.3 cm³/mol. The Bertz CT molecular complexity index is 599. The first-order valence-corrected chi connectivity index (χ1v) is 4.99. The van der Waals surface area contributed by atoms with Crippen molar-refractivity contribution in [2.24, 2.45) is 4.99 Å². The Hall–Kier alpha value is -2.32. The third-order valence-corrected chi connectivity index (χ3v) is 2.44. The molecule has 0 spiro atoms. The fourth-order valence-corrected chi connectivity index (χ4v) is 1.63. The van der Waals surface area contributed by atoms with E-state index in [-0.39, 0.29) is 10.9 Å². The number of carboxylic acid groups (broad SMARTS) is 1. The zero-order valence-corrected chi connectivity index (χ0v) is 9.19. The van der Waals surface area contributed by atoms with Crippen LogP contribution in [-0.4, -0.2) is 16.2 Å². The highest BCUT2D eigenvalue weighted by Gasteiger charge is 2.22. The number of nitrogens with one attached hydrogen (secondary N) is 1. The molecule has 0 saturated carbocycles. The summed E-state index contributed by atoms with van der Waals surface area (Å²) in [5, 5.41) is 20.4.